The van der Waals surface area contributed by atoms with E-state index in [1.54, 1.807) is 0 Å². The molecule has 2 aromatic rings. The largest absolute Gasteiger partial charge is 0.143 e. The highest BCUT2D eigenvalue weighted by Crippen LogP contribution is 2.34. The van der Waals surface area contributed by atoms with Crippen LogP contribution < -0.4 is 0 Å². The summed E-state index contributed by atoms with van der Waals surface area (Å²) in [5.74, 6) is 1.68. The summed E-state index contributed by atoms with van der Waals surface area (Å²) in [7, 11) is 0. The van der Waals surface area contributed by atoms with Crippen LogP contribution in [-0.4, -0.2) is 0 Å². The SMILES string of the molecule is CC(C)c1cc(C(C)C)c(S)c(C(C)C)c1.Sc1ccccc1. The first kappa shape index (κ1) is 20.2. The van der Waals surface area contributed by atoms with Gasteiger partial charge in [0.2, 0.25) is 0 Å². The molecule has 0 aliphatic carbocycles. The summed E-state index contributed by atoms with van der Waals surface area (Å²) in [4.78, 5) is 2.21. The average Bonchev–Trinajstić information content (AvgIpc) is 2.48. The van der Waals surface area contributed by atoms with Crippen LogP contribution in [0.4, 0.5) is 0 Å². The van der Waals surface area contributed by atoms with Crippen molar-refractivity contribution in [1.82, 2.24) is 0 Å². The second-order valence-corrected chi connectivity index (χ2v) is 7.81. The lowest BCUT2D eigenvalue weighted by Gasteiger charge is -2.19. The fourth-order valence-corrected chi connectivity index (χ4v) is 3.16. The Morgan fingerprint density at radius 3 is 1.35 bits per heavy atom. The molecule has 0 atom stereocenters. The molecule has 0 unspecified atom stereocenters. The first-order chi connectivity index (χ1) is 10.7. The van der Waals surface area contributed by atoms with Crippen molar-refractivity contribution in [2.45, 2.75) is 69.1 Å². The molecule has 2 rings (SSSR count). The van der Waals surface area contributed by atoms with E-state index in [1.165, 1.54) is 21.6 Å². The van der Waals surface area contributed by atoms with E-state index < -0.39 is 0 Å². The van der Waals surface area contributed by atoms with Gasteiger partial charge in [-0.2, -0.15) is 0 Å². The van der Waals surface area contributed by atoms with Crippen molar-refractivity contribution in [3.05, 3.63) is 59.2 Å². The minimum absolute atomic E-state index is 0.545. The van der Waals surface area contributed by atoms with Gasteiger partial charge in [0.1, 0.15) is 0 Å². The fourth-order valence-electron chi connectivity index (χ4n) is 2.35. The lowest BCUT2D eigenvalue weighted by molar-refractivity contribution is 0.773. The van der Waals surface area contributed by atoms with Crippen LogP contribution in [0.15, 0.2) is 52.3 Å². The third-order valence-corrected chi connectivity index (χ3v) is 4.67. The molecule has 0 fully saturated rings. The summed E-state index contributed by atoms with van der Waals surface area (Å²) >= 11 is 8.79. The summed E-state index contributed by atoms with van der Waals surface area (Å²) in [5, 5.41) is 0. The zero-order valence-corrected chi connectivity index (χ0v) is 17.0. The molecular formula is C21H30S2. The zero-order chi connectivity index (χ0) is 17.6. The lowest BCUT2D eigenvalue weighted by atomic mass is 9.89. The second kappa shape index (κ2) is 9.44. The predicted molar refractivity (Wildman–Crippen MR) is 110 cm³/mol. The fraction of sp³-hybridized carbons (Fsp3) is 0.429. The molecular weight excluding hydrogens is 316 g/mol. The standard InChI is InChI=1S/C15H24S.C6H6S/c1-9(2)12-7-13(10(3)4)15(16)14(8-12)11(5)6;7-6-4-2-1-3-5-6/h7-11,16H,1-6H3;1-5,7H. The van der Waals surface area contributed by atoms with Crippen LogP contribution in [0.25, 0.3) is 0 Å². The van der Waals surface area contributed by atoms with Crippen molar-refractivity contribution < 1.29 is 0 Å². The van der Waals surface area contributed by atoms with Gasteiger partial charge in [-0.3, -0.25) is 0 Å². The van der Waals surface area contributed by atoms with Gasteiger partial charge in [-0.15, -0.1) is 25.3 Å². The monoisotopic (exact) mass is 346 g/mol. The molecule has 0 aromatic heterocycles. The third kappa shape index (κ3) is 6.27. The molecule has 0 N–H and O–H groups in total. The first-order valence-electron chi connectivity index (χ1n) is 8.34. The molecule has 0 aliphatic rings. The summed E-state index contributed by atoms with van der Waals surface area (Å²) in [6.45, 7) is 13.5. The maximum atomic E-state index is 4.71. The van der Waals surface area contributed by atoms with E-state index in [4.69, 9.17) is 12.6 Å². The van der Waals surface area contributed by atoms with Crippen molar-refractivity contribution in [3.63, 3.8) is 0 Å². The van der Waals surface area contributed by atoms with Gasteiger partial charge in [-0.05, 0) is 46.6 Å². The van der Waals surface area contributed by atoms with E-state index in [0.29, 0.717) is 17.8 Å². The quantitative estimate of drug-likeness (QED) is 0.534. The van der Waals surface area contributed by atoms with Crippen molar-refractivity contribution >= 4 is 25.3 Å². The molecule has 0 saturated heterocycles. The van der Waals surface area contributed by atoms with Gasteiger partial charge < -0.3 is 0 Å². The Hall–Kier alpha value is -0.860. The molecule has 0 saturated carbocycles. The number of thiol groups is 2. The summed E-state index contributed by atoms with van der Waals surface area (Å²) in [6.07, 6.45) is 0. The van der Waals surface area contributed by atoms with E-state index in [9.17, 15) is 0 Å². The van der Waals surface area contributed by atoms with Gasteiger partial charge in [0.05, 0.1) is 0 Å². The third-order valence-electron chi connectivity index (χ3n) is 3.86. The van der Waals surface area contributed by atoms with Crippen LogP contribution in [0.3, 0.4) is 0 Å². The van der Waals surface area contributed by atoms with Crippen molar-refractivity contribution in [2.75, 3.05) is 0 Å². The minimum atomic E-state index is 0.545. The summed E-state index contributed by atoms with van der Waals surface area (Å²) < 4.78 is 0. The smallest absolute Gasteiger partial charge is 0.0110 e. The van der Waals surface area contributed by atoms with Crippen LogP contribution in [-0.2, 0) is 0 Å². The van der Waals surface area contributed by atoms with Crippen LogP contribution >= 0.6 is 25.3 Å². The maximum Gasteiger partial charge on any atom is 0.0110 e. The Kier molecular flexibility index (Phi) is 8.28. The Labute approximate surface area is 153 Å². The van der Waals surface area contributed by atoms with Gasteiger partial charge in [-0.1, -0.05) is 71.9 Å². The second-order valence-electron chi connectivity index (χ2n) is 6.85. The normalized spacial score (nSPS) is 10.9. The molecule has 126 valence electrons. The topological polar surface area (TPSA) is 0 Å². The number of hydrogen-bond donors (Lipinski definition) is 2. The van der Waals surface area contributed by atoms with Crippen molar-refractivity contribution in [2.24, 2.45) is 0 Å². The molecule has 2 aromatic carbocycles. The molecule has 23 heavy (non-hydrogen) atoms. The Morgan fingerprint density at radius 1 is 0.652 bits per heavy atom. The molecule has 2 heteroatoms. The number of benzene rings is 2. The van der Waals surface area contributed by atoms with Gasteiger partial charge >= 0.3 is 0 Å². The van der Waals surface area contributed by atoms with Crippen LogP contribution in [0.2, 0.25) is 0 Å². The number of rotatable bonds is 3. The van der Waals surface area contributed by atoms with Gasteiger partial charge in [0.15, 0.2) is 0 Å². The van der Waals surface area contributed by atoms with Crippen molar-refractivity contribution in [3.8, 4) is 0 Å². The highest BCUT2D eigenvalue weighted by molar-refractivity contribution is 7.80. The minimum Gasteiger partial charge on any atom is -0.143 e. The molecule has 0 nitrogen and oxygen atoms in total. The van der Waals surface area contributed by atoms with Crippen LogP contribution in [0.5, 0.6) is 0 Å². The highest BCUT2D eigenvalue weighted by Gasteiger charge is 2.14. The Balaban J connectivity index is 0.000000313. The van der Waals surface area contributed by atoms with Crippen LogP contribution in [0, 0.1) is 0 Å². The summed E-state index contributed by atoms with van der Waals surface area (Å²) in [6, 6.07) is 14.4. The van der Waals surface area contributed by atoms with E-state index in [2.05, 4.69) is 66.3 Å². The van der Waals surface area contributed by atoms with Gasteiger partial charge in [0, 0.05) is 9.79 Å². The van der Waals surface area contributed by atoms with Crippen LogP contribution in [0.1, 0.15) is 76.0 Å². The average molecular weight is 347 g/mol. The Morgan fingerprint density at radius 2 is 1.09 bits per heavy atom. The van der Waals surface area contributed by atoms with Gasteiger partial charge in [0.25, 0.3) is 0 Å². The van der Waals surface area contributed by atoms with Crippen molar-refractivity contribution in [1.29, 1.82) is 0 Å². The molecule has 0 radical (unpaired) electrons. The number of hydrogen-bond acceptors (Lipinski definition) is 2. The molecule has 0 heterocycles. The van der Waals surface area contributed by atoms with E-state index in [0.717, 1.165) is 4.90 Å². The first-order valence-corrected chi connectivity index (χ1v) is 9.24. The van der Waals surface area contributed by atoms with E-state index in [-0.39, 0.29) is 0 Å². The molecule has 0 spiro atoms. The predicted octanol–water partition coefficient (Wildman–Crippen LogP) is 7.32. The summed E-state index contributed by atoms with van der Waals surface area (Å²) in [5.41, 5.74) is 4.21. The van der Waals surface area contributed by atoms with E-state index >= 15 is 0 Å². The zero-order valence-electron chi connectivity index (χ0n) is 15.2. The molecule has 0 amide bonds. The molecule has 0 aliphatic heterocycles. The van der Waals surface area contributed by atoms with E-state index in [1.807, 2.05) is 30.3 Å². The maximum absolute atomic E-state index is 4.71. The highest BCUT2D eigenvalue weighted by atomic mass is 32.1. The molecule has 0 bridgehead atoms. The van der Waals surface area contributed by atoms with Gasteiger partial charge in [-0.25, -0.2) is 0 Å². The Bertz CT molecular complexity index is 569. The lowest BCUT2D eigenvalue weighted by Crippen LogP contribution is -2.01.